The largest absolute Gasteiger partial charge is 0.469 e. The first-order valence-electron chi connectivity index (χ1n) is 7.45. The number of amides is 2. The van der Waals surface area contributed by atoms with Gasteiger partial charge in [0.1, 0.15) is 6.10 Å². The number of carbonyl (C=O) groups excluding carboxylic acids is 1. The number of carbonyl (C=O) groups is 1. The number of aromatic nitrogens is 2. The van der Waals surface area contributed by atoms with Crippen molar-refractivity contribution in [1.82, 2.24) is 19.8 Å². The van der Waals surface area contributed by atoms with Crippen LogP contribution in [-0.4, -0.2) is 84.5 Å². The van der Waals surface area contributed by atoms with E-state index in [1.165, 1.54) is 0 Å². The minimum Gasteiger partial charge on any atom is -0.469 e. The Kier molecular flexibility index (Phi) is 5.02. The number of nitrogens with zero attached hydrogens (tertiary/aromatic N) is 4. The highest BCUT2D eigenvalue weighted by Crippen LogP contribution is 2.12. The highest BCUT2D eigenvalue weighted by Gasteiger charge is 2.28. The normalized spacial score (nSPS) is 23.0. The number of hydrogen-bond donors (Lipinski definition) is 0. The molecular weight excluding hydrogens is 288 g/mol. The molecule has 8 nitrogen and oxygen atoms in total. The third kappa shape index (κ3) is 3.83. The second-order valence-electron chi connectivity index (χ2n) is 5.19. The van der Waals surface area contributed by atoms with Crippen molar-refractivity contribution in [2.45, 2.75) is 6.10 Å². The molecule has 120 valence electrons. The van der Waals surface area contributed by atoms with E-state index in [1.54, 1.807) is 23.5 Å². The van der Waals surface area contributed by atoms with Crippen LogP contribution in [0.2, 0.25) is 0 Å². The Morgan fingerprint density at radius 3 is 2.68 bits per heavy atom. The SMILES string of the molecule is O=C(N1CCOCC1)N1CCOC[C@H](Oc2cnccn2)C1. The summed E-state index contributed by atoms with van der Waals surface area (Å²) < 4.78 is 16.6. The van der Waals surface area contributed by atoms with Gasteiger partial charge in [0.2, 0.25) is 5.88 Å². The molecule has 1 aromatic rings. The van der Waals surface area contributed by atoms with Crippen LogP contribution < -0.4 is 4.74 Å². The molecule has 2 saturated heterocycles. The highest BCUT2D eigenvalue weighted by atomic mass is 16.5. The molecule has 2 amide bonds. The standard InChI is InChI=1S/C14H20N4O4/c19-14(17-3-6-20-7-4-17)18-5-8-21-11-12(10-18)22-13-9-15-1-2-16-13/h1-2,9,12H,3-8,10-11H2/t12-/m1/s1. The summed E-state index contributed by atoms with van der Waals surface area (Å²) in [6.45, 7) is 4.44. The van der Waals surface area contributed by atoms with Crippen molar-refractivity contribution in [3.63, 3.8) is 0 Å². The van der Waals surface area contributed by atoms with Gasteiger partial charge in [0.05, 0.1) is 39.2 Å². The third-order valence-electron chi connectivity index (χ3n) is 3.61. The molecular formula is C14H20N4O4. The lowest BCUT2D eigenvalue weighted by atomic mass is 10.3. The number of hydrogen-bond acceptors (Lipinski definition) is 6. The van der Waals surface area contributed by atoms with Crippen molar-refractivity contribution in [1.29, 1.82) is 0 Å². The molecule has 3 heterocycles. The van der Waals surface area contributed by atoms with E-state index in [-0.39, 0.29) is 12.1 Å². The zero-order chi connectivity index (χ0) is 15.2. The zero-order valence-corrected chi connectivity index (χ0v) is 12.4. The van der Waals surface area contributed by atoms with E-state index >= 15 is 0 Å². The predicted octanol–water partition coefficient (Wildman–Crippen LogP) is 0.00840. The molecule has 0 aromatic carbocycles. The van der Waals surface area contributed by atoms with E-state index < -0.39 is 0 Å². The first kappa shape index (κ1) is 15.0. The van der Waals surface area contributed by atoms with E-state index in [0.717, 1.165) is 0 Å². The molecule has 0 saturated carbocycles. The van der Waals surface area contributed by atoms with E-state index in [2.05, 4.69) is 9.97 Å². The van der Waals surface area contributed by atoms with E-state index in [1.807, 2.05) is 4.90 Å². The van der Waals surface area contributed by atoms with Crippen molar-refractivity contribution < 1.29 is 19.0 Å². The Bertz CT molecular complexity index is 481. The maximum absolute atomic E-state index is 12.6. The maximum Gasteiger partial charge on any atom is 0.320 e. The molecule has 0 radical (unpaired) electrons. The Hall–Kier alpha value is -1.93. The van der Waals surface area contributed by atoms with Crippen LogP contribution in [0.3, 0.4) is 0 Å². The highest BCUT2D eigenvalue weighted by molar-refractivity contribution is 5.74. The molecule has 0 N–H and O–H groups in total. The Morgan fingerprint density at radius 2 is 1.91 bits per heavy atom. The van der Waals surface area contributed by atoms with Crippen LogP contribution >= 0.6 is 0 Å². The molecule has 0 spiro atoms. The lowest BCUT2D eigenvalue weighted by Gasteiger charge is -2.33. The summed E-state index contributed by atoms with van der Waals surface area (Å²) >= 11 is 0. The van der Waals surface area contributed by atoms with Gasteiger partial charge in [-0.1, -0.05) is 0 Å². The summed E-state index contributed by atoms with van der Waals surface area (Å²) in [5, 5.41) is 0. The summed E-state index contributed by atoms with van der Waals surface area (Å²) in [6, 6.07) is 0.0153. The molecule has 22 heavy (non-hydrogen) atoms. The average molecular weight is 308 g/mol. The van der Waals surface area contributed by atoms with E-state index in [9.17, 15) is 4.79 Å². The molecule has 8 heteroatoms. The van der Waals surface area contributed by atoms with E-state index in [0.29, 0.717) is 58.5 Å². The van der Waals surface area contributed by atoms with Crippen molar-refractivity contribution >= 4 is 6.03 Å². The predicted molar refractivity (Wildman–Crippen MR) is 76.6 cm³/mol. The molecule has 0 unspecified atom stereocenters. The topological polar surface area (TPSA) is 77.0 Å². The monoisotopic (exact) mass is 308 g/mol. The van der Waals surface area contributed by atoms with Gasteiger partial charge in [0.25, 0.3) is 0 Å². The van der Waals surface area contributed by atoms with Crippen molar-refractivity contribution in [2.75, 3.05) is 52.6 Å². The number of rotatable bonds is 2. The van der Waals surface area contributed by atoms with Gasteiger partial charge in [0, 0.05) is 32.0 Å². The van der Waals surface area contributed by atoms with Gasteiger partial charge in [-0.2, -0.15) is 0 Å². The van der Waals surface area contributed by atoms with Crippen molar-refractivity contribution in [2.24, 2.45) is 0 Å². The lowest BCUT2D eigenvalue weighted by molar-refractivity contribution is 0.0405. The summed E-state index contributed by atoms with van der Waals surface area (Å²) in [6.07, 6.45) is 4.47. The Labute approximate surface area is 129 Å². The van der Waals surface area contributed by atoms with Crippen LogP contribution in [0.25, 0.3) is 0 Å². The van der Waals surface area contributed by atoms with Crippen LogP contribution in [0.1, 0.15) is 0 Å². The molecule has 2 aliphatic rings. The summed E-state index contributed by atoms with van der Waals surface area (Å²) in [5.74, 6) is 0.441. The summed E-state index contributed by atoms with van der Waals surface area (Å²) in [5.41, 5.74) is 0. The summed E-state index contributed by atoms with van der Waals surface area (Å²) in [4.78, 5) is 24.2. The molecule has 3 rings (SSSR count). The third-order valence-corrected chi connectivity index (χ3v) is 3.61. The van der Waals surface area contributed by atoms with Gasteiger partial charge in [-0.15, -0.1) is 0 Å². The van der Waals surface area contributed by atoms with Gasteiger partial charge in [-0.05, 0) is 0 Å². The van der Waals surface area contributed by atoms with Crippen LogP contribution in [0.5, 0.6) is 5.88 Å². The number of urea groups is 1. The minimum atomic E-state index is -0.246. The molecule has 1 aromatic heterocycles. The maximum atomic E-state index is 12.6. The molecule has 0 aliphatic carbocycles. The van der Waals surface area contributed by atoms with Crippen molar-refractivity contribution in [3.8, 4) is 5.88 Å². The van der Waals surface area contributed by atoms with Crippen LogP contribution in [0.15, 0.2) is 18.6 Å². The fourth-order valence-electron chi connectivity index (χ4n) is 2.50. The first-order chi connectivity index (χ1) is 10.8. The van der Waals surface area contributed by atoms with Crippen LogP contribution in [0, 0.1) is 0 Å². The summed E-state index contributed by atoms with van der Waals surface area (Å²) in [7, 11) is 0. The molecule has 0 bridgehead atoms. The quantitative estimate of drug-likeness (QED) is 0.766. The average Bonchev–Trinajstić information content (AvgIpc) is 2.81. The van der Waals surface area contributed by atoms with Crippen molar-refractivity contribution in [3.05, 3.63) is 18.6 Å². The first-order valence-corrected chi connectivity index (χ1v) is 7.45. The number of ether oxygens (including phenoxy) is 3. The van der Waals surface area contributed by atoms with Gasteiger partial charge in [-0.25, -0.2) is 9.78 Å². The van der Waals surface area contributed by atoms with Crippen LogP contribution in [0.4, 0.5) is 4.79 Å². The molecule has 2 fully saturated rings. The smallest absolute Gasteiger partial charge is 0.320 e. The molecule has 2 aliphatic heterocycles. The Balaban J connectivity index is 1.60. The van der Waals surface area contributed by atoms with Gasteiger partial charge >= 0.3 is 6.03 Å². The fourth-order valence-corrected chi connectivity index (χ4v) is 2.50. The zero-order valence-electron chi connectivity index (χ0n) is 12.4. The Morgan fingerprint density at radius 1 is 1.14 bits per heavy atom. The van der Waals surface area contributed by atoms with Gasteiger partial charge in [-0.3, -0.25) is 4.98 Å². The molecule has 1 atom stereocenters. The van der Waals surface area contributed by atoms with Gasteiger partial charge in [0.15, 0.2) is 0 Å². The minimum absolute atomic E-state index is 0.0153. The lowest BCUT2D eigenvalue weighted by Crippen LogP contribution is -2.50. The second kappa shape index (κ2) is 7.37. The van der Waals surface area contributed by atoms with Gasteiger partial charge < -0.3 is 24.0 Å². The second-order valence-corrected chi connectivity index (χ2v) is 5.19. The van der Waals surface area contributed by atoms with Crippen LogP contribution in [-0.2, 0) is 9.47 Å². The number of morpholine rings is 1. The fraction of sp³-hybridized carbons (Fsp3) is 0.643. The van der Waals surface area contributed by atoms with E-state index in [4.69, 9.17) is 14.2 Å².